The third kappa shape index (κ3) is 3.90. The van der Waals surface area contributed by atoms with Crippen LogP contribution in [-0.4, -0.2) is 15.0 Å². The summed E-state index contributed by atoms with van der Waals surface area (Å²) in [6.45, 7) is 1.94. The maximum Gasteiger partial charge on any atom is 0.244 e. The van der Waals surface area contributed by atoms with E-state index < -0.39 is 10.0 Å². The molecule has 3 N–H and O–H groups in total. The summed E-state index contributed by atoms with van der Waals surface area (Å²) < 4.78 is 44.8. The van der Waals surface area contributed by atoms with Crippen LogP contribution in [0.2, 0.25) is 0 Å². The first-order chi connectivity index (χ1) is 9.92. The largest absolute Gasteiger partial charge is 0.464 e. The van der Waals surface area contributed by atoms with Gasteiger partial charge in [-0.3, -0.25) is 0 Å². The Labute approximate surface area is 123 Å². The number of nitrogens with one attached hydrogen (secondary N) is 1. The lowest BCUT2D eigenvalue weighted by atomic mass is 10.1. The van der Waals surface area contributed by atoms with Gasteiger partial charge < -0.3 is 10.2 Å². The molecule has 7 heteroatoms. The van der Waals surface area contributed by atoms with Gasteiger partial charge in [0, 0.05) is 12.6 Å². The Balaban J connectivity index is 2.01. The van der Waals surface area contributed by atoms with Crippen molar-refractivity contribution < 1.29 is 17.2 Å². The summed E-state index contributed by atoms with van der Waals surface area (Å²) >= 11 is 0. The van der Waals surface area contributed by atoms with Gasteiger partial charge in [0.1, 0.15) is 22.2 Å². The van der Waals surface area contributed by atoms with E-state index in [0.29, 0.717) is 17.9 Å². The number of aryl methyl sites for hydroxylation is 1. The average Bonchev–Trinajstić information content (AvgIpc) is 2.83. The van der Waals surface area contributed by atoms with Gasteiger partial charge in [-0.05, 0) is 31.0 Å². The second kappa shape index (κ2) is 6.38. The molecular formula is C14H17FN2O3S. The summed E-state index contributed by atoms with van der Waals surface area (Å²) in [4.78, 5) is 0.0991. The lowest BCUT2D eigenvalue weighted by Gasteiger charge is -2.05. The van der Waals surface area contributed by atoms with E-state index in [2.05, 4.69) is 4.72 Å². The van der Waals surface area contributed by atoms with Crippen LogP contribution in [0.1, 0.15) is 17.1 Å². The summed E-state index contributed by atoms with van der Waals surface area (Å²) in [7, 11) is -3.63. The van der Waals surface area contributed by atoms with E-state index in [0.717, 1.165) is 5.56 Å². The normalized spacial score (nSPS) is 11.8. The Bertz CT molecular complexity index is 708. The third-order valence-corrected chi connectivity index (χ3v) is 4.60. The van der Waals surface area contributed by atoms with E-state index in [-0.39, 0.29) is 23.8 Å². The highest BCUT2D eigenvalue weighted by Gasteiger charge is 2.20. The van der Waals surface area contributed by atoms with Crippen molar-refractivity contribution in [2.45, 2.75) is 24.8 Å². The van der Waals surface area contributed by atoms with Crippen LogP contribution >= 0.6 is 0 Å². The fourth-order valence-corrected chi connectivity index (χ4v) is 3.18. The van der Waals surface area contributed by atoms with Gasteiger partial charge in [-0.2, -0.15) is 0 Å². The zero-order valence-electron chi connectivity index (χ0n) is 11.6. The van der Waals surface area contributed by atoms with E-state index in [4.69, 9.17) is 10.2 Å². The summed E-state index contributed by atoms with van der Waals surface area (Å²) in [5.41, 5.74) is 6.28. The monoisotopic (exact) mass is 312 g/mol. The van der Waals surface area contributed by atoms with Crippen molar-refractivity contribution in [3.05, 3.63) is 53.2 Å². The average molecular weight is 312 g/mol. The number of benzene rings is 1. The van der Waals surface area contributed by atoms with Crippen molar-refractivity contribution in [2.24, 2.45) is 5.73 Å². The fraction of sp³-hybridized carbons (Fsp3) is 0.286. The SMILES string of the molecule is Cc1oc(CN)cc1S(=O)(=O)NCCc1ccc(F)cc1. The molecule has 0 unspecified atom stereocenters. The van der Waals surface area contributed by atoms with Gasteiger partial charge in [0.15, 0.2) is 0 Å². The van der Waals surface area contributed by atoms with Crippen molar-refractivity contribution in [3.63, 3.8) is 0 Å². The predicted octanol–water partition coefficient (Wildman–Crippen LogP) is 1.71. The molecule has 0 aliphatic rings. The molecule has 5 nitrogen and oxygen atoms in total. The molecule has 0 atom stereocenters. The van der Waals surface area contributed by atoms with Crippen molar-refractivity contribution in [2.75, 3.05) is 6.54 Å². The van der Waals surface area contributed by atoms with Gasteiger partial charge in [-0.15, -0.1) is 0 Å². The number of rotatable bonds is 6. The standard InChI is InChI=1S/C14H17FN2O3S/c1-10-14(8-13(9-16)20-10)21(18,19)17-7-6-11-2-4-12(15)5-3-11/h2-5,8,17H,6-7,9,16H2,1H3. The Hall–Kier alpha value is -1.70. The maximum atomic E-state index is 12.8. The van der Waals surface area contributed by atoms with E-state index >= 15 is 0 Å². The number of furan rings is 1. The Morgan fingerprint density at radius 3 is 2.52 bits per heavy atom. The molecule has 0 saturated carbocycles. The molecule has 0 fully saturated rings. The van der Waals surface area contributed by atoms with Crippen LogP contribution in [0.15, 0.2) is 39.6 Å². The Morgan fingerprint density at radius 2 is 1.95 bits per heavy atom. The highest BCUT2D eigenvalue weighted by molar-refractivity contribution is 7.89. The van der Waals surface area contributed by atoms with Gasteiger partial charge in [0.2, 0.25) is 10.0 Å². The molecule has 0 bridgehead atoms. The van der Waals surface area contributed by atoms with Crippen LogP contribution in [0, 0.1) is 12.7 Å². The minimum absolute atomic E-state index is 0.0991. The molecule has 1 aromatic heterocycles. The van der Waals surface area contributed by atoms with E-state index in [1.807, 2.05) is 0 Å². The van der Waals surface area contributed by atoms with Gasteiger partial charge in [-0.1, -0.05) is 12.1 Å². The Morgan fingerprint density at radius 1 is 1.29 bits per heavy atom. The quantitative estimate of drug-likeness (QED) is 0.850. The molecule has 0 aliphatic carbocycles. The van der Waals surface area contributed by atoms with Crippen molar-refractivity contribution in [1.29, 1.82) is 0 Å². The number of hydrogen-bond acceptors (Lipinski definition) is 4. The summed E-state index contributed by atoms with van der Waals surface area (Å²) in [6.07, 6.45) is 0.472. The zero-order chi connectivity index (χ0) is 15.5. The van der Waals surface area contributed by atoms with Crippen molar-refractivity contribution in [1.82, 2.24) is 4.72 Å². The highest BCUT2D eigenvalue weighted by atomic mass is 32.2. The molecule has 0 aliphatic heterocycles. The molecule has 1 heterocycles. The van der Waals surface area contributed by atoms with Crippen LogP contribution in [-0.2, 0) is 23.0 Å². The van der Waals surface area contributed by atoms with Crippen molar-refractivity contribution >= 4 is 10.0 Å². The minimum atomic E-state index is -3.63. The van der Waals surface area contributed by atoms with Gasteiger partial charge in [0.25, 0.3) is 0 Å². The first kappa shape index (κ1) is 15.7. The first-order valence-corrected chi connectivity index (χ1v) is 7.94. The van der Waals surface area contributed by atoms with Crippen LogP contribution in [0.25, 0.3) is 0 Å². The molecule has 114 valence electrons. The molecule has 0 radical (unpaired) electrons. The van der Waals surface area contributed by atoms with Gasteiger partial charge in [-0.25, -0.2) is 17.5 Å². The molecule has 1 aromatic carbocycles. The lowest BCUT2D eigenvalue weighted by molar-refractivity contribution is 0.478. The molecule has 0 spiro atoms. The zero-order valence-corrected chi connectivity index (χ0v) is 12.4. The molecule has 0 amide bonds. The highest BCUT2D eigenvalue weighted by Crippen LogP contribution is 2.19. The van der Waals surface area contributed by atoms with E-state index in [1.54, 1.807) is 19.1 Å². The Kier molecular flexibility index (Phi) is 4.76. The predicted molar refractivity (Wildman–Crippen MR) is 76.6 cm³/mol. The van der Waals surface area contributed by atoms with Crippen LogP contribution < -0.4 is 10.5 Å². The molecular weight excluding hydrogens is 295 g/mol. The number of halogens is 1. The second-order valence-corrected chi connectivity index (χ2v) is 6.35. The lowest BCUT2D eigenvalue weighted by Crippen LogP contribution is -2.26. The summed E-state index contributed by atoms with van der Waals surface area (Å²) in [5.74, 6) is 0.416. The first-order valence-electron chi connectivity index (χ1n) is 6.46. The third-order valence-electron chi connectivity index (χ3n) is 3.03. The van der Waals surface area contributed by atoms with Crippen LogP contribution in [0.5, 0.6) is 0 Å². The van der Waals surface area contributed by atoms with E-state index in [9.17, 15) is 12.8 Å². The summed E-state index contributed by atoms with van der Waals surface area (Å²) in [5, 5.41) is 0. The number of nitrogens with two attached hydrogens (primary N) is 1. The van der Waals surface area contributed by atoms with Crippen molar-refractivity contribution in [3.8, 4) is 0 Å². The molecule has 21 heavy (non-hydrogen) atoms. The van der Waals surface area contributed by atoms with Crippen LogP contribution in [0.3, 0.4) is 0 Å². The minimum Gasteiger partial charge on any atom is -0.464 e. The maximum absolute atomic E-state index is 12.8. The number of hydrogen-bond donors (Lipinski definition) is 2. The van der Waals surface area contributed by atoms with E-state index in [1.165, 1.54) is 18.2 Å². The summed E-state index contributed by atoms with van der Waals surface area (Å²) in [6, 6.07) is 7.36. The van der Waals surface area contributed by atoms with Gasteiger partial charge in [0.05, 0.1) is 6.54 Å². The smallest absolute Gasteiger partial charge is 0.244 e. The topological polar surface area (TPSA) is 85.3 Å². The molecule has 2 aromatic rings. The molecule has 0 saturated heterocycles. The molecule has 2 rings (SSSR count). The number of sulfonamides is 1. The van der Waals surface area contributed by atoms with Gasteiger partial charge >= 0.3 is 0 Å². The fourth-order valence-electron chi connectivity index (χ4n) is 1.95. The van der Waals surface area contributed by atoms with Crippen LogP contribution in [0.4, 0.5) is 4.39 Å². The second-order valence-electron chi connectivity index (χ2n) is 4.61.